The minimum absolute atomic E-state index is 0.0720. The molecule has 3 fully saturated rings. The van der Waals surface area contributed by atoms with Gasteiger partial charge in [-0.05, 0) is 0 Å². The van der Waals surface area contributed by atoms with Gasteiger partial charge in [-0.2, -0.15) is 0 Å². The van der Waals surface area contributed by atoms with E-state index in [4.69, 9.17) is 18.9 Å². The van der Waals surface area contributed by atoms with Gasteiger partial charge < -0.3 is 49.4 Å². The lowest BCUT2D eigenvalue weighted by Gasteiger charge is -2.43. The number of hydrogen-bond acceptors (Lipinski definition) is 11. The molecule has 0 aromatic rings. The van der Waals surface area contributed by atoms with E-state index >= 15 is 0 Å². The van der Waals surface area contributed by atoms with Crippen molar-refractivity contribution in [2.45, 2.75) is 60.7 Å². The first kappa shape index (κ1) is 21.2. The van der Waals surface area contributed by atoms with Crippen LogP contribution in [0.3, 0.4) is 0 Å². The first-order chi connectivity index (χ1) is 12.8. The summed E-state index contributed by atoms with van der Waals surface area (Å²) in [6, 6.07) is 0. The molecule has 27 heavy (non-hydrogen) atoms. The minimum Gasteiger partial charge on any atom is -0.387 e. The number of rotatable bonds is 5. The molecule has 3 rings (SSSR count). The van der Waals surface area contributed by atoms with Gasteiger partial charge in [0.15, 0.2) is 12.6 Å². The fraction of sp³-hybridized carbons (Fsp3) is 0.933. The SMILES string of the molecule is CO[C@H]1O[C@H]([C@@H]2SCC(=O)N2C[C@H]2O[C@@H](OC)[C@H](O)[C@@H]2O)[C@@H](O)[C@H](O)[C@H]1O. The number of nitrogens with zero attached hydrogens (tertiary/aromatic N) is 1. The first-order valence-corrected chi connectivity index (χ1v) is 9.53. The lowest BCUT2D eigenvalue weighted by atomic mass is 9.98. The maximum Gasteiger partial charge on any atom is 0.233 e. The molecule has 3 heterocycles. The van der Waals surface area contributed by atoms with Crippen LogP contribution in [0, 0.1) is 0 Å². The Morgan fingerprint density at radius 2 is 1.56 bits per heavy atom. The van der Waals surface area contributed by atoms with Crippen LogP contribution in [0.4, 0.5) is 0 Å². The molecule has 0 bridgehead atoms. The van der Waals surface area contributed by atoms with Gasteiger partial charge in [0.25, 0.3) is 0 Å². The van der Waals surface area contributed by atoms with Crippen LogP contribution in [0.5, 0.6) is 0 Å². The van der Waals surface area contributed by atoms with Crippen molar-refractivity contribution >= 4 is 17.7 Å². The number of carbonyl (C=O) groups is 1. The summed E-state index contributed by atoms with van der Waals surface area (Å²) < 4.78 is 21.0. The van der Waals surface area contributed by atoms with E-state index in [0.717, 1.165) is 0 Å². The van der Waals surface area contributed by atoms with Gasteiger partial charge in [0.2, 0.25) is 5.91 Å². The number of carbonyl (C=O) groups excluding carboxylic acids is 1. The summed E-state index contributed by atoms with van der Waals surface area (Å²) in [5.41, 5.74) is 0. The largest absolute Gasteiger partial charge is 0.387 e. The summed E-state index contributed by atoms with van der Waals surface area (Å²) >= 11 is 1.19. The summed E-state index contributed by atoms with van der Waals surface area (Å²) in [5, 5.41) is 49.6. The second-order valence-corrected chi connectivity index (χ2v) is 7.79. The van der Waals surface area contributed by atoms with Crippen LogP contribution < -0.4 is 0 Å². The van der Waals surface area contributed by atoms with Gasteiger partial charge in [0.1, 0.15) is 48.1 Å². The van der Waals surface area contributed by atoms with Gasteiger partial charge in [0.05, 0.1) is 12.3 Å². The Labute approximate surface area is 159 Å². The second-order valence-electron chi connectivity index (χ2n) is 6.68. The minimum atomic E-state index is -1.51. The Hall–Kier alpha value is -0.540. The average Bonchev–Trinajstić information content (AvgIpc) is 3.15. The number of methoxy groups -OCH3 is 2. The van der Waals surface area contributed by atoms with Crippen molar-refractivity contribution in [2.75, 3.05) is 26.5 Å². The molecule has 0 unspecified atom stereocenters. The van der Waals surface area contributed by atoms with Crippen LogP contribution in [0.1, 0.15) is 0 Å². The zero-order valence-corrected chi connectivity index (χ0v) is 15.6. The van der Waals surface area contributed by atoms with Gasteiger partial charge in [-0.1, -0.05) is 0 Å². The number of ether oxygens (including phenoxy) is 4. The van der Waals surface area contributed by atoms with Gasteiger partial charge in [-0.3, -0.25) is 4.79 Å². The molecule has 0 aliphatic carbocycles. The summed E-state index contributed by atoms with van der Waals surface area (Å²) in [6.45, 7) is -0.0720. The van der Waals surface area contributed by atoms with Gasteiger partial charge in [-0.15, -0.1) is 11.8 Å². The number of amides is 1. The summed E-state index contributed by atoms with van der Waals surface area (Å²) in [5.74, 6) is -0.173. The van der Waals surface area contributed by atoms with Gasteiger partial charge in [0, 0.05) is 14.2 Å². The van der Waals surface area contributed by atoms with E-state index in [0.29, 0.717) is 0 Å². The Morgan fingerprint density at radius 3 is 2.15 bits per heavy atom. The van der Waals surface area contributed by atoms with E-state index in [9.17, 15) is 30.3 Å². The maximum absolute atomic E-state index is 12.4. The zero-order chi connectivity index (χ0) is 19.9. The molecular formula is C15H25NO10S. The second kappa shape index (κ2) is 8.45. The van der Waals surface area contributed by atoms with Crippen LogP contribution in [0.2, 0.25) is 0 Å². The summed E-state index contributed by atoms with van der Waals surface area (Å²) in [7, 11) is 2.61. The number of thioether (sulfide) groups is 1. The van der Waals surface area contributed by atoms with Crippen molar-refractivity contribution in [2.24, 2.45) is 0 Å². The fourth-order valence-electron chi connectivity index (χ4n) is 3.51. The third kappa shape index (κ3) is 3.83. The predicted octanol–water partition coefficient (Wildman–Crippen LogP) is -3.56. The molecule has 3 aliphatic rings. The normalized spacial score (nSPS) is 48.4. The number of aliphatic hydroxyl groups is 5. The Bertz CT molecular complexity index is 539. The third-order valence-corrected chi connectivity index (χ3v) is 6.33. The maximum atomic E-state index is 12.4. The average molecular weight is 411 g/mol. The van der Waals surface area contributed by atoms with Crippen molar-refractivity contribution in [1.82, 2.24) is 4.90 Å². The van der Waals surface area contributed by atoms with E-state index in [1.54, 1.807) is 0 Å². The Morgan fingerprint density at radius 1 is 0.963 bits per heavy atom. The summed E-state index contributed by atoms with van der Waals surface area (Å²) in [4.78, 5) is 13.7. The fourth-order valence-corrected chi connectivity index (χ4v) is 4.79. The molecule has 156 valence electrons. The predicted molar refractivity (Wildman–Crippen MR) is 89.3 cm³/mol. The molecule has 0 aromatic carbocycles. The molecule has 12 heteroatoms. The monoisotopic (exact) mass is 411 g/mol. The molecule has 0 aromatic heterocycles. The van der Waals surface area contributed by atoms with Crippen LogP contribution >= 0.6 is 11.8 Å². The highest BCUT2D eigenvalue weighted by Gasteiger charge is 2.52. The molecule has 1 amide bonds. The third-order valence-electron chi connectivity index (χ3n) is 5.05. The van der Waals surface area contributed by atoms with Crippen LogP contribution in [0.25, 0.3) is 0 Å². The highest BCUT2D eigenvalue weighted by atomic mass is 32.2. The van der Waals surface area contributed by atoms with Crippen LogP contribution in [0.15, 0.2) is 0 Å². The molecule has 3 saturated heterocycles. The van der Waals surface area contributed by atoms with E-state index in [2.05, 4.69) is 0 Å². The smallest absolute Gasteiger partial charge is 0.233 e. The first-order valence-electron chi connectivity index (χ1n) is 8.48. The van der Waals surface area contributed by atoms with Gasteiger partial charge >= 0.3 is 0 Å². The summed E-state index contributed by atoms with van der Waals surface area (Å²) in [6.07, 6.45) is -11.0. The van der Waals surface area contributed by atoms with Crippen molar-refractivity contribution < 1.29 is 49.3 Å². The molecule has 5 N–H and O–H groups in total. The molecule has 10 atom stereocenters. The van der Waals surface area contributed by atoms with Crippen molar-refractivity contribution in [3.8, 4) is 0 Å². The quantitative estimate of drug-likeness (QED) is 0.305. The van der Waals surface area contributed by atoms with Crippen molar-refractivity contribution in [3.05, 3.63) is 0 Å². The molecule has 0 radical (unpaired) electrons. The highest BCUT2D eigenvalue weighted by molar-refractivity contribution is 8.01. The molecule has 11 nitrogen and oxygen atoms in total. The van der Waals surface area contributed by atoms with Gasteiger partial charge in [-0.25, -0.2) is 0 Å². The Kier molecular flexibility index (Phi) is 6.63. The standard InChI is InChI=1S/C15H25NO10S/c1-23-14-10(21)7(18)5(25-14)3-16-6(17)4-27-13(16)12-9(20)8(19)11(22)15(24-2)26-12/h5,7-15,18-22H,3-4H2,1-2H3/t5-,7-,8+,9+,10-,11-,12+,13+,14-,15+/m1/s1. The van der Waals surface area contributed by atoms with E-state index in [1.165, 1.54) is 30.9 Å². The van der Waals surface area contributed by atoms with Crippen LogP contribution in [-0.4, -0.2) is 124 Å². The highest BCUT2D eigenvalue weighted by Crippen LogP contribution is 2.36. The molecular weight excluding hydrogens is 386 g/mol. The van der Waals surface area contributed by atoms with Crippen LogP contribution in [-0.2, 0) is 23.7 Å². The van der Waals surface area contributed by atoms with Crippen molar-refractivity contribution in [3.63, 3.8) is 0 Å². The zero-order valence-electron chi connectivity index (χ0n) is 14.8. The lowest BCUT2D eigenvalue weighted by molar-refractivity contribution is -0.293. The molecule has 0 spiro atoms. The Balaban J connectivity index is 1.74. The lowest BCUT2D eigenvalue weighted by Crippen LogP contribution is -2.63. The topological polar surface area (TPSA) is 158 Å². The van der Waals surface area contributed by atoms with E-state index in [1.807, 2.05) is 0 Å². The molecule has 3 aliphatic heterocycles. The van der Waals surface area contributed by atoms with E-state index < -0.39 is 60.7 Å². The number of hydrogen-bond donors (Lipinski definition) is 5. The molecule has 0 saturated carbocycles. The van der Waals surface area contributed by atoms with E-state index in [-0.39, 0.29) is 18.2 Å². The van der Waals surface area contributed by atoms with Crippen molar-refractivity contribution in [1.29, 1.82) is 0 Å². The number of aliphatic hydroxyl groups excluding tert-OH is 5.